The van der Waals surface area contributed by atoms with Gasteiger partial charge in [0.1, 0.15) is 27.6 Å². The molecule has 6 aromatic carbocycles. The maximum Gasteiger partial charge on any atom is 0.119 e. The van der Waals surface area contributed by atoms with Gasteiger partial charge in [-0.3, -0.25) is 0 Å². The van der Waals surface area contributed by atoms with Crippen LogP contribution < -0.4 is 0 Å². The zero-order valence-corrected chi connectivity index (χ0v) is 35.5. The highest BCUT2D eigenvalue weighted by atomic mass is 14.9. The van der Waals surface area contributed by atoms with E-state index >= 15 is 0 Å². The Balaban J connectivity index is 1.07. The lowest BCUT2D eigenvalue weighted by molar-refractivity contribution is 1.34. The van der Waals surface area contributed by atoms with Gasteiger partial charge < -0.3 is 9.97 Å². The summed E-state index contributed by atoms with van der Waals surface area (Å²) in [6.45, 7) is 0. The van der Waals surface area contributed by atoms with Gasteiger partial charge in [0.15, 0.2) is 0 Å². The van der Waals surface area contributed by atoms with Crippen molar-refractivity contribution >= 4 is 175 Å². The van der Waals surface area contributed by atoms with Crippen LogP contribution in [0.3, 0.4) is 0 Å². The molecule has 11 aromatic heterocycles. The van der Waals surface area contributed by atoms with Gasteiger partial charge in [-0.15, -0.1) is 0 Å². The molecule has 0 saturated carbocycles. The van der Waals surface area contributed by atoms with Crippen molar-refractivity contribution in [3.8, 4) is 0 Å². The molecule has 0 aliphatic rings. The summed E-state index contributed by atoms with van der Waals surface area (Å²) in [7, 11) is 0. The second-order valence-electron chi connectivity index (χ2n) is 18.0. The van der Waals surface area contributed by atoms with Crippen molar-refractivity contribution in [1.82, 2.24) is 54.8 Å². The van der Waals surface area contributed by atoms with Crippen molar-refractivity contribution in [3.63, 3.8) is 0 Å². The molecule has 11 nitrogen and oxygen atoms in total. The quantitative estimate of drug-likeness (QED) is 0.112. The first-order chi connectivity index (χ1) is 33.6. The smallest absolute Gasteiger partial charge is 0.119 e. The van der Waals surface area contributed by atoms with Crippen molar-refractivity contribution < 1.29 is 0 Å². The molecule has 0 aliphatic carbocycles. The first-order valence-electron chi connectivity index (χ1n) is 22.5. The number of fused-ring (bicyclic) bond motifs is 18. The number of pyridine rings is 3. The number of rotatable bonds is 0. The summed E-state index contributed by atoms with van der Waals surface area (Å²) in [5.74, 6) is 0. The summed E-state index contributed by atoms with van der Waals surface area (Å²) < 4.78 is 0. The van der Waals surface area contributed by atoms with Gasteiger partial charge in [-0.2, -0.15) is 0 Å². The Labute approximate surface area is 380 Å². The summed E-state index contributed by atoms with van der Waals surface area (Å²) in [5.41, 5.74) is 16.6. The number of hydrogen-bond donors (Lipinski definition) is 2. The highest BCUT2D eigenvalue weighted by Crippen LogP contribution is 2.40. The van der Waals surface area contributed by atoms with Crippen LogP contribution in [0.5, 0.6) is 0 Å². The molecule has 0 radical (unpaired) electrons. The molecule has 0 unspecified atom stereocenters. The van der Waals surface area contributed by atoms with Gasteiger partial charge in [-0.05, 0) is 72.8 Å². The zero-order chi connectivity index (χ0) is 43.9. The summed E-state index contributed by atoms with van der Waals surface area (Å²) in [6.07, 6.45) is 1.84. The fraction of sp³-hybridized carbons (Fsp3) is 0. The Hall–Kier alpha value is -9.61. The molecule has 17 rings (SSSR count). The van der Waals surface area contributed by atoms with E-state index in [-0.39, 0.29) is 0 Å². The average Bonchev–Trinajstić information content (AvgIpc) is 4.19. The molecular formula is C57H27N11. The van der Waals surface area contributed by atoms with Crippen molar-refractivity contribution in [2.45, 2.75) is 0 Å². The van der Waals surface area contributed by atoms with E-state index in [1.54, 1.807) is 0 Å². The summed E-state index contributed by atoms with van der Waals surface area (Å²) in [4.78, 5) is 55.9. The van der Waals surface area contributed by atoms with Crippen molar-refractivity contribution in [1.29, 1.82) is 0 Å². The number of nitrogens with one attached hydrogen (secondary N) is 2. The standard InChI is InChI=1S/C57H27N11/c1-5-26-19-30-23-31-20-27-6-2-10-35(46(27)60-31)42-17-14-39-50(64-42)49-38(13-16-41(63-49)34(9-1)45(26)59-30)51-52(39)68-57-54(67-51)40-15-18-43-36-11-3-7-28-21-32(61-47(28)36)24-33-22-29-8-4-12-37(48(29)62-33)44-25-58-55(57)56(66-44)53(40)65-43/h1-25,59,62H. The zero-order valence-electron chi connectivity index (χ0n) is 35.5. The molecule has 310 valence electrons. The van der Waals surface area contributed by atoms with E-state index in [0.717, 1.165) is 136 Å². The van der Waals surface area contributed by atoms with Crippen LogP contribution >= 0.6 is 0 Å². The number of aromatic nitrogens is 11. The summed E-state index contributed by atoms with van der Waals surface area (Å²) in [6, 6.07) is 50.4. The number of nitrogens with zero attached hydrogens (tertiary/aromatic N) is 9. The minimum Gasteiger partial charge on any atom is -0.354 e. The second kappa shape index (κ2) is 12.2. The molecule has 11 heteroatoms. The number of para-hydroxylation sites is 4. The van der Waals surface area contributed by atoms with E-state index in [1.165, 1.54) is 0 Å². The molecule has 16 bridgehead atoms. The highest BCUT2D eigenvalue weighted by molar-refractivity contribution is 6.27. The SMILES string of the molecule is c1cc2cc3cc4cc5cccc(c6ccc7c(n6)c6nc(ccc6c6nc8c(nc76)c6ccc7nc6c6nc(cnc68)c6cccc8cc(cc9cc%10cccc7c%10n9)[nH]c86)c(c1)c2n3)c5[nH]4. The number of H-pyrrole nitrogens is 2. The Bertz CT molecular complexity index is 4590. The third-order valence-corrected chi connectivity index (χ3v) is 14.1. The Morgan fingerprint density at radius 2 is 0.676 bits per heavy atom. The highest BCUT2D eigenvalue weighted by Gasteiger charge is 2.21. The second-order valence-corrected chi connectivity index (χ2v) is 18.0. The monoisotopic (exact) mass is 865 g/mol. The first-order valence-corrected chi connectivity index (χ1v) is 22.5. The third-order valence-electron chi connectivity index (χ3n) is 14.1. The van der Waals surface area contributed by atoms with E-state index in [0.29, 0.717) is 38.6 Å². The van der Waals surface area contributed by atoms with Gasteiger partial charge in [0, 0.05) is 70.3 Å². The van der Waals surface area contributed by atoms with Crippen LogP contribution in [0.15, 0.2) is 152 Å². The fourth-order valence-electron chi connectivity index (χ4n) is 11.0. The van der Waals surface area contributed by atoms with Crippen LogP contribution in [0.2, 0.25) is 0 Å². The van der Waals surface area contributed by atoms with Crippen molar-refractivity contribution in [2.24, 2.45) is 0 Å². The molecule has 68 heavy (non-hydrogen) atoms. The lowest BCUT2D eigenvalue weighted by Crippen LogP contribution is -1.98. The van der Waals surface area contributed by atoms with Crippen LogP contribution in [0.1, 0.15) is 0 Å². The van der Waals surface area contributed by atoms with Crippen LogP contribution in [-0.2, 0) is 0 Å². The molecule has 0 aliphatic heterocycles. The first kappa shape index (κ1) is 34.8. The minimum atomic E-state index is 0.607. The molecule has 0 spiro atoms. The number of benzene rings is 6. The third kappa shape index (κ3) is 4.58. The number of hydrogen-bond acceptors (Lipinski definition) is 9. The molecule has 0 fully saturated rings. The van der Waals surface area contributed by atoms with Crippen LogP contribution in [0.4, 0.5) is 0 Å². The van der Waals surface area contributed by atoms with Gasteiger partial charge in [-0.25, -0.2) is 44.9 Å². The maximum atomic E-state index is 5.61. The van der Waals surface area contributed by atoms with Crippen LogP contribution in [0.25, 0.3) is 175 Å². The van der Waals surface area contributed by atoms with E-state index < -0.39 is 0 Å². The van der Waals surface area contributed by atoms with Crippen LogP contribution in [-0.4, -0.2) is 54.8 Å². The van der Waals surface area contributed by atoms with E-state index in [2.05, 4.69) is 156 Å². The topological polar surface area (TPSA) is 148 Å². The maximum absolute atomic E-state index is 5.61. The van der Waals surface area contributed by atoms with Crippen LogP contribution in [0, 0.1) is 0 Å². The van der Waals surface area contributed by atoms with Crippen molar-refractivity contribution in [2.75, 3.05) is 0 Å². The molecule has 11 heterocycles. The van der Waals surface area contributed by atoms with Gasteiger partial charge in [0.05, 0.1) is 83.4 Å². The Morgan fingerprint density at radius 1 is 0.265 bits per heavy atom. The Kier molecular flexibility index (Phi) is 6.23. The van der Waals surface area contributed by atoms with Gasteiger partial charge in [0.2, 0.25) is 0 Å². The Morgan fingerprint density at radius 3 is 1.24 bits per heavy atom. The lowest BCUT2D eigenvalue weighted by atomic mass is 10.0. The van der Waals surface area contributed by atoms with E-state index in [9.17, 15) is 0 Å². The van der Waals surface area contributed by atoms with Gasteiger partial charge in [0.25, 0.3) is 0 Å². The average molecular weight is 866 g/mol. The number of aromatic amines is 2. The summed E-state index contributed by atoms with van der Waals surface area (Å²) >= 11 is 0. The fourth-order valence-corrected chi connectivity index (χ4v) is 11.0. The van der Waals surface area contributed by atoms with E-state index in [1.807, 2.05) is 6.20 Å². The van der Waals surface area contributed by atoms with Gasteiger partial charge in [-0.1, -0.05) is 72.8 Å². The summed E-state index contributed by atoms with van der Waals surface area (Å²) in [5, 5.41) is 10.5. The molecule has 2 N–H and O–H groups in total. The molecular weight excluding hydrogens is 839 g/mol. The minimum absolute atomic E-state index is 0.607. The predicted octanol–water partition coefficient (Wildman–Crippen LogP) is 13.3. The van der Waals surface area contributed by atoms with Crippen molar-refractivity contribution in [3.05, 3.63) is 152 Å². The normalized spacial score (nSPS) is 12.7. The predicted molar refractivity (Wildman–Crippen MR) is 275 cm³/mol. The van der Waals surface area contributed by atoms with E-state index in [4.69, 9.17) is 44.9 Å². The molecule has 0 amide bonds. The lowest BCUT2D eigenvalue weighted by Gasteiger charge is -2.13. The van der Waals surface area contributed by atoms with Gasteiger partial charge >= 0.3 is 0 Å². The largest absolute Gasteiger partial charge is 0.354 e. The molecule has 0 atom stereocenters. The molecule has 0 saturated heterocycles. The molecule has 17 aromatic rings.